The van der Waals surface area contributed by atoms with Gasteiger partial charge in [-0.25, -0.2) is 0 Å². The van der Waals surface area contributed by atoms with Crippen LogP contribution in [0.5, 0.6) is 0 Å². The Bertz CT molecular complexity index is 585. The summed E-state index contributed by atoms with van der Waals surface area (Å²) in [6.07, 6.45) is 0. The zero-order chi connectivity index (χ0) is 13.0. The first-order chi connectivity index (χ1) is 8.72. The molecule has 0 saturated heterocycles. The minimum atomic E-state index is 0.752. The Balaban J connectivity index is 2.51. The minimum absolute atomic E-state index is 0.752. The minimum Gasteiger partial charge on any atom is -0.279 e. The molecule has 2 aromatic rings. The zero-order valence-corrected chi connectivity index (χ0v) is 10.5. The molecule has 0 fully saturated rings. The number of nitrogens with one attached hydrogen (secondary N) is 1. The van der Waals surface area contributed by atoms with Crippen molar-refractivity contribution < 1.29 is 0 Å². The third-order valence-corrected chi connectivity index (χ3v) is 2.80. The number of hydrazone groups is 1. The molecule has 90 valence electrons. The molecule has 2 aromatic carbocycles. The molecular formula is C16H16N2. The van der Waals surface area contributed by atoms with Crippen molar-refractivity contribution in [1.82, 2.24) is 5.43 Å². The van der Waals surface area contributed by atoms with Crippen LogP contribution in [0.25, 0.3) is 16.8 Å². The van der Waals surface area contributed by atoms with E-state index >= 15 is 0 Å². The number of rotatable bonds is 4. The van der Waals surface area contributed by atoms with Gasteiger partial charge in [-0.15, -0.1) is 0 Å². The average Bonchev–Trinajstić information content (AvgIpc) is 2.39. The Morgan fingerprint density at radius 1 is 1.11 bits per heavy atom. The van der Waals surface area contributed by atoms with Crippen LogP contribution >= 0.6 is 0 Å². The van der Waals surface area contributed by atoms with E-state index in [0.29, 0.717) is 0 Å². The second-order valence-corrected chi connectivity index (χ2v) is 4.16. The summed E-state index contributed by atoms with van der Waals surface area (Å²) in [5.41, 5.74) is 8.15. The lowest BCUT2D eigenvalue weighted by atomic mass is 9.97. The van der Waals surface area contributed by atoms with Gasteiger partial charge in [-0.1, -0.05) is 60.7 Å². The summed E-state index contributed by atoms with van der Waals surface area (Å²) in [5, 5.41) is 3.66. The maximum atomic E-state index is 3.98. The van der Waals surface area contributed by atoms with E-state index in [4.69, 9.17) is 0 Å². The molecule has 0 spiro atoms. The van der Waals surface area contributed by atoms with Crippen LogP contribution in [0.1, 0.15) is 11.1 Å². The van der Waals surface area contributed by atoms with Gasteiger partial charge in [0.05, 0.1) is 5.70 Å². The summed E-state index contributed by atoms with van der Waals surface area (Å²) in [6, 6.07) is 16.5. The molecule has 0 heterocycles. The molecule has 0 bridgehead atoms. The SMILES string of the molecule is C=NNC(=C)c1ccccc1-c1cccc(C)c1. The smallest absolute Gasteiger partial charge is 0.0568 e. The molecule has 2 nitrogen and oxygen atoms in total. The van der Waals surface area contributed by atoms with Crippen LogP contribution in [0.4, 0.5) is 0 Å². The van der Waals surface area contributed by atoms with Crippen LogP contribution < -0.4 is 5.43 Å². The Morgan fingerprint density at radius 3 is 2.61 bits per heavy atom. The number of aryl methyl sites for hydroxylation is 1. The van der Waals surface area contributed by atoms with Gasteiger partial charge < -0.3 is 0 Å². The van der Waals surface area contributed by atoms with E-state index in [1.807, 2.05) is 18.2 Å². The third-order valence-electron chi connectivity index (χ3n) is 2.80. The van der Waals surface area contributed by atoms with E-state index in [1.54, 1.807) is 0 Å². The van der Waals surface area contributed by atoms with Gasteiger partial charge in [-0.3, -0.25) is 5.43 Å². The van der Waals surface area contributed by atoms with Gasteiger partial charge in [0.2, 0.25) is 0 Å². The monoisotopic (exact) mass is 236 g/mol. The van der Waals surface area contributed by atoms with Gasteiger partial charge in [0.25, 0.3) is 0 Å². The molecule has 0 radical (unpaired) electrons. The predicted octanol–water partition coefficient (Wildman–Crippen LogP) is 3.84. The van der Waals surface area contributed by atoms with Gasteiger partial charge in [0.1, 0.15) is 0 Å². The average molecular weight is 236 g/mol. The van der Waals surface area contributed by atoms with Crippen molar-refractivity contribution in [3.05, 3.63) is 66.2 Å². The predicted molar refractivity (Wildman–Crippen MR) is 78.3 cm³/mol. The molecule has 0 amide bonds. The van der Waals surface area contributed by atoms with E-state index in [9.17, 15) is 0 Å². The van der Waals surface area contributed by atoms with Crippen molar-refractivity contribution in [2.75, 3.05) is 0 Å². The number of hydrogen-bond acceptors (Lipinski definition) is 2. The summed E-state index contributed by atoms with van der Waals surface area (Å²) in [4.78, 5) is 0. The summed E-state index contributed by atoms with van der Waals surface area (Å²) < 4.78 is 0. The van der Waals surface area contributed by atoms with Crippen LogP contribution in [0.2, 0.25) is 0 Å². The first-order valence-electron chi connectivity index (χ1n) is 5.79. The highest BCUT2D eigenvalue weighted by atomic mass is 15.3. The lowest BCUT2D eigenvalue weighted by molar-refractivity contribution is 1.01. The quantitative estimate of drug-likeness (QED) is 0.633. The summed E-state index contributed by atoms with van der Waals surface area (Å²) in [6.45, 7) is 9.49. The maximum Gasteiger partial charge on any atom is 0.0568 e. The summed E-state index contributed by atoms with van der Waals surface area (Å²) in [7, 11) is 0. The fourth-order valence-electron chi connectivity index (χ4n) is 1.97. The normalized spacial score (nSPS) is 9.83. The van der Waals surface area contributed by atoms with E-state index in [2.05, 4.69) is 61.1 Å². The van der Waals surface area contributed by atoms with Gasteiger partial charge >= 0.3 is 0 Å². The Hall–Kier alpha value is -2.35. The molecule has 0 aliphatic heterocycles. The summed E-state index contributed by atoms with van der Waals surface area (Å²) in [5.74, 6) is 0. The molecule has 2 heteroatoms. The van der Waals surface area contributed by atoms with Crippen molar-refractivity contribution in [2.45, 2.75) is 6.92 Å². The second-order valence-electron chi connectivity index (χ2n) is 4.16. The molecule has 0 saturated carbocycles. The van der Waals surface area contributed by atoms with Crippen LogP contribution in [-0.4, -0.2) is 6.72 Å². The molecule has 0 atom stereocenters. The van der Waals surface area contributed by atoms with Gasteiger partial charge in [0, 0.05) is 12.3 Å². The van der Waals surface area contributed by atoms with E-state index in [0.717, 1.165) is 16.8 Å². The van der Waals surface area contributed by atoms with Crippen LogP contribution in [0.15, 0.2) is 60.2 Å². The molecule has 0 aliphatic rings. The van der Waals surface area contributed by atoms with Crippen LogP contribution in [0.3, 0.4) is 0 Å². The van der Waals surface area contributed by atoms with Crippen molar-refractivity contribution in [3.63, 3.8) is 0 Å². The molecule has 0 aromatic heterocycles. The largest absolute Gasteiger partial charge is 0.279 e. The zero-order valence-electron chi connectivity index (χ0n) is 10.5. The Morgan fingerprint density at radius 2 is 1.89 bits per heavy atom. The first kappa shape index (κ1) is 12.1. The van der Waals surface area contributed by atoms with Gasteiger partial charge in [-0.2, -0.15) is 5.10 Å². The van der Waals surface area contributed by atoms with Gasteiger partial charge in [0.15, 0.2) is 0 Å². The van der Waals surface area contributed by atoms with E-state index in [-0.39, 0.29) is 0 Å². The van der Waals surface area contributed by atoms with Crippen molar-refractivity contribution in [2.24, 2.45) is 5.10 Å². The Kier molecular flexibility index (Phi) is 3.58. The van der Waals surface area contributed by atoms with Crippen molar-refractivity contribution >= 4 is 12.4 Å². The van der Waals surface area contributed by atoms with Crippen molar-refractivity contribution in [3.8, 4) is 11.1 Å². The third kappa shape index (κ3) is 2.48. The van der Waals surface area contributed by atoms with E-state index in [1.165, 1.54) is 11.1 Å². The van der Waals surface area contributed by atoms with Gasteiger partial charge in [-0.05, 0) is 18.1 Å². The number of hydrogen-bond donors (Lipinski definition) is 1. The molecule has 18 heavy (non-hydrogen) atoms. The highest BCUT2D eigenvalue weighted by Crippen LogP contribution is 2.27. The molecule has 0 aliphatic carbocycles. The van der Waals surface area contributed by atoms with Crippen LogP contribution in [-0.2, 0) is 0 Å². The standard InChI is InChI=1S/C16H16N2/c1-12-7-6-8-14(11-12)16-10-5-4-9-15(16)13(2)18-17-3/h4-11,18H,2-3H2,1H3. The topological polar surface area (TPSA) is 24.4 Å². The fraction of sp³-hybridized carbons (Fsp3) is 0.0625. The molecule has 1 N–H and O–H groups in total. The fourth-order valence-corrected chi connectivity index (χ4v) is 1.97. The number of nitrogens with zero attached hydrogens (tertiary/aromatic N) is 1. The van der Waals surface area contributed by atoms with Crippen LogP contribution in [0, 0.1) is 6.92 Å². The Labute approximate surface area is 108 Å². The lowest BCUT2D eigenvalue weighted by Crippen LogP contribution is -2.03. The highest BCUT2D eigenvalue weighted by Gasteiger charge is 2.07. The lowest BCUT2D eigenvalue weighted by Gasteiger charge is -2.12. The maximum absolute atomic E-state index is 3.98. The molecule has 2 rings (SSSR count). The number of benzene rings is 2. The highest BCUT2D eigenvalue weighted by molar-refractivity contribution is 5.80. The second kappa shape index (κ2) is 5.32. The van der Waals surface area contributed by atoms with Crippen molar-refractivity contribution in [1.29, 1.82) is 0 Å². The molecular weight excluding hydrogens is 220 g/mol. The van der Waals surface area contributed by atoms with E-state index < -0.39 is 0 Å². The first-order valence-corrected chi connectivity index (χ1v) is 5.79. The molecule has 0 unspecified atom stereocenters. The summed E-state index contributed by atoms with van der Waals surface area (Å²) >= 11 is 0.